The van der Waals surface area contributed by atoms with Crippen LogP contribution in [0.1, 0.15) is 17.3 Å². The Bertz CT molecular complexity index is 788. The number of aromatic nitrogens is 2. The summed E-state index contributed by atoms with van der Waals surface area (Å²) in [7, 11) is 0. The van der Waals surface area contributed by atoms with Crippen LogP contribution < -0.4 is 10.1 Å². The first-order valence-electron chi connectivity index (χ1n) is 7.06. The maximum atomic E-state index is 5.67. The van der Waals surface area contributed by atoms with E-state index in [9.17, 15) is 0 Å². The van der Waals surface area contributed by atoms with Crippen molar-refractivity contribution in [3.8, 4) is 5.75 Å². The molecule has 2 heterocycles. The fourth-order valence-electron chi connectivity index (χ4n) is 2.64. The molecule has 4 rings (SSSR count). The van der Waals surface area contributed by atoms with Crippen LogP contribution in [0.4, 0.5) is 0 Å². The normalized spacial score (nSPS) is 16.7. The van der Waals surface area contributed by atoms with Gasteiger partial charge in [-0.2, -0.15) is 0 Å². The predicted molar refractivity (Wildman–Crippen MR) is 81.1 cm³/mol. The van der Waals surface area contributed by atoms with Gasteiger partial charge >= 0.3 is 0 Å². The van der Waals surface area contributed by atoms with E-state index in [0.29, 0.717) is 13.2 Å². The Morgan fingerprint density at radius 1 is 1.05 bits per heavy atom. The molecular weight excluding hydrogens is 262 g/mol. The van der Waals surface area contributed by atoms with Gasteiger partial charge in [0.15, 0.2) is 0 Å². The van der Waals surface area contributed by atoms with E-state index in [1.54, 1.807) is 0 Å². The number of ether oxygens (including phenoxy) is 1. The SMILES string of the molecule is c1ccc2c(c1)OCC2NCc1cnc2ccccc2n1. The summed E-state index contributed by atoms with van der Waals surface area (Å²) in [5.41, 5.74) is 4.01. The molecule has 0 saturated heterocycles. The third kappa shape index (κ3) is 2.34. The summed E-state index contributed by atoms with van der Waals surface area (Å²) < 4.78 is 5.67. The summed E-state index contributed by atoms with van der Waals surface area (Å²) in [6.45, 7) is 1.35. The van der Waals surface area contributed by atoms with Crippen LogP contribution in [0.5, 0.6) is 5.75 Å². The van der Waals surface area contributed by atoms with Crippen LogP contribution in [-0.2, 0) is 6.54 Å². The van der Waals surface area contributed by atoms with Gasteiger partial charge in [-0.1, -0.05) is 30.3 Å². The zero-order valence-corrected chi connectivity index (χ0v) is 11.5. The lowest BCUT2D eigenvalue weighted by molar-refractivity contribution is 0.310. The molecule has 1 aliphatic rings. The van der Waals surface area contributed by atoms with Crippen LogP contribution in [0.15, 0.2) is 54.7 Å². The fraction of sp³-hybridized carbons (Fsp3) is 0.176. The minimum Gasteiger partial charge on any atom is -0.491 e. The van der Waals surface area contributed by atoms with E-state index < -0.39 is 0 Å². The maximum Gasteiger partial charge on any atom is 0.124 e. The van der Waals surface area contributed by atoms with Crippen molar-refractivity contribution >= 4 is 11.0 Å². The molecule has 0 saturated carbocycles. The second-order valence-corrected chi connectivity index (χ2v) is 5.13. The van der Waals surface area contributed by atoms with Crippen molar-refractivity contribution in [1.82, 2.24) is 15.3 Å². The van der Waals surface area contributed by atoms with Gasteiger partial charge in [-0.05, 0) is 18.2 Å². The van der Waals surface area contributed by atoms with Crippen molar-refractivity contribution in [2.24, 2.45) is 0 Å². The van der Waals surface area contributed by atoms with Gasteiger partial charge in [-0.25, -0.2) is 4.98 Å². The molecule has 4 nitrogen and oxygen atoms in total. The second kappa shape index (κ2) is 5.14. The molecule has 0 amide bonds. The molecule has 2 aromatic carbocycles. The highest BCUT2D eigenvalue weighted by atomic mass is 16.5. The lowest BCUT2D eigenvalue weighted by atomic mass is 10.1. The molecule has 0 spiro atoms. The van der Waals surface area contributed by atoms with E-state index in [1.165, 1.54) is 5.56 Å². The predicted octanol–water partition coefficient (Wildman–Crippen LogP) is 2.85. The quantitative estimate of drug-likeness (QED) is 0.799. The third-order valence-electron chi connectivity index (χ3n) is 3.73. The van der Waals surface area contributed by atoms with Crippen molar-refractivity contribution in [1.29, 1.82) is 0 Å². The van der Waals surface area contributed by atoms with Gasteiger partial charge in [-0.3, -0.25) is 4.98 Å². The van der Waals surface area contributed by atoms with Gasteiger partial charge in [0.2, 0.25) is 0 Å². The summed E-state index contributed by atoms with van der Waals surface area (Å²) >= 11 is 0. The molecule has 1 atom stereocenters. The van der Waals surface area contributed by atoms with Crippen LogP contribution in [0.25, 0.3) is 11.0 Å². The average molecular weight is 277 g/mol. The Kier molecular flexibility index (Phi) is 3.01. The van der Waals surface area contributed by atoms with E-state index in [1.807, 2.05) is 48.7 Å². The van der Waals surface area contributed by atoms with Crippen molar-refractivity contribution in [2.45, 2.75) is 12.6 Å². The molecule has 4 heteroatoms. The van der Waals surface area contributed by atoms with Gasteiger partial charge in [0.25, 0.3) is 0 Å². The molecule has 21 heavy (non-hydrogen) atoms. The number of rotatable bonds is 3. The van der Waals surface area contributed by atoms with Crippen LogP contribution in [0.2, 0.25) is 0 Å². The van der Waals surface area contributed by atoms with E-state index in [-0.39, 0.29) is 6.04 Å². The Morgan fingerprint density at radius 3 is 2.81 bits per heavy atom. The second-order valence-electron chi connectivity index (χ2n) is 5.13. The number of benzene rings is 2. The van der Waals surface area contributed by atoms with Crippen LogP contribution in [0.3, 0.4) is 0 Å². The van der Waals surface area contributed by atoms with Crippen molar-refractivity contribution in [3.63, 3.8) is 0 Å². The van der Waals surface area contributed by atoms with Crippen molar-refractivity contribution in [2.75, 3.05) is 6.61 Å². The molecule has 0 fully saturated rings. The molecule has 1 aromatic heterocycles. The highest BCUT2D eigenvalue weighted by Crippen LogP contribution is 2.31. The van der Waals surface area contributed by atoms with Crippen LogP contribution in [-0.4, -0.2) is 16.6 Å². The van der Waals surface area contributed by atoms with Crippen molar-refractivity contribution < 1.29 is 4.74 Å². The Morgan fingerprint density at radius 2 is 1.86 bits per heavy atom. The Labute approximate surface area is 122 Å². The number of para-hydroxylation sites is 3. The molecule has 3 aromatic rings. The molecule has 1 N–H and O–H groups in total. The lowest BCUT2D eigenvalue weighted by Gasteiger charge is -2.11. The van der Waals surface area contributed by atoms with E-state index in [0.717, 1.165) is 22.5 Å². The molecule has 0 aliphatic carbocycles. The van der Waals surface area contributed by atoms with Crippen LogP contribution >= 0.6 is 0 Å². The van der Waals surface area contributed by atoms with E-state index >= 15 is 0 Å². The highest BCUT2D eigenvalue weighted by molar-refractivity contribution is 5.73. The summed E-state index contributed by atoms with van der Waals surface area (Å²) in [5.74, 6) is 0.972. The number of hydrogen-bond donors (Lipinski definition) is 1. The van der Waals surface area contributed by atoms with Gasteiger partial charge in [-0.15, -0.1) is 0 Å². The van der Waals surface area contributed by atoms with E-state index in [4.69, 9.17) is 4.74 Å². The molecule has 0 bridgehead atoms. The largest absolute Gasteiger partial charge is 0.491 e. The molecule has 1 unspecified atom stereocenters. The fourth-order valence-corrected chi connectivity index (χ4v) is 2.64. The van der Waals surface area contributed by atoms with Crippen molar-refractivity contribution in [3.05, 3.63) is 66.0 Å². The van der Waals surface area contributed by atoms with Gasteiger partial charge in [0.1, 0.15) is 12.4 Å². The van der Waals surface area contributed by atoms with Gasteiger partial charge in [0, 0.05) is 12.1 Å². The van der Waals surface area contributed by atoms with Crippen LogP contribution in [0, 0.1) is 0 Å². The summed E-state index contributed by atoms with van der Waals surface area (Å²) in [6, 6.07) is 16.3. The number of nitrogens with zero attached hydrogens (tertiary/aromatic N) is 2. The molecule has 1 aliphatic heterocycles. The zero-order chi connectivity index (χ0) is 14.1. The zero-order valence-electron chi connectivity index (χ0n) is 11.5. The minimum absolute atomic E-state index is 0.217. The Hall–Kier alpha value is -2.46. The lowest BCUT2D eigenvalue weighted by Crippen LogP contribution is -2.22. The van der Waals surface area contributed by atoms with Gasteiger partial charge < -0.3 is 10.1 Å². The number of hydrogen-bond acceptors (Lipinski definition) is 4. The number of nitrogens with one attached hydrogen (secondary N) is 1. The first-order chi connectivity index (χ1) is 10.4. The summed E-state index contributed by atoms with van der Waals surface area (Å²) in [6.07, 6.45) is 1.83. The van der Waals surface area contributed by atoms with Gasteiger partial charge in [0.05, 0.1) is 29.0 Å². The Balaban J connectivity index is 1.51. The minimum atomic E-state index is 0.217. The topological polar surface area (TPSA) is 47.0 Å². The molecule has 104 valence electrons. The molecule has 0 radical (unpaired) electrons. The summed E-state index contributed by atoms with van der Waals surface area (Å²) in [4.78, 5) is 9.06. The standard InChI is InChI=1S/C17H15N3O/c1-4-8-17-13(5-1)16(11-21-17)19-10-12-9-18-14-6-2-3-7-15(14)20-12/h1-9,16,19H,10-11H2. The van der Waals surface area contributed by atoms with E-state index in [2.05, 4.69) is 21.4 Å². The average Bonchev–Trinajstić information content (AvgIpc) is 2.96. The molecular formula is C17H15N3O. The smallest absolute Gasteiger partial charge is 0.124 e. The highest BCUT2D eigenvalue weighted by Gasteiger charge is 2.22. The maximum absolute atomic E-state index is 5.67. The first kappa shape index (κ1) is 12.3. The first-order valence-corrected chi connectivity index (χ1v) is 7.06. The summed E-state index contributed by atoms with van der Waals surface area (Å²) in [5, 5.41) is 3.49. The third-order valence-corrected chi connectivity index (χ3v) is 3.73. The monoisotopic (exact) mass is 277 g/mol. The number of fused-ring (bicyclic) bond motifs is 2.